The first kappa shape index (κ1) is 19.6. The maximum atomic E-state index is 12.1. The van der Waals surface area contributed by atoms with Crippen molar-refractivity contribution in [2.45, 2.75) is 31.0 Å². The van der Waals surface area contributed by atoms with E-state index in [1.165, 1.54) is 17.3 Å². The van der Waals surface area contributed by atoms with Crippen LogP contribution in [0.1, 0.15) is 18.9 Å². The fourth-order valence-corrected chi connectivity index (χ4v) is 3.58. The standard InChI is InChI=1S/C20H20BrN3O2S/c1-14(11-12-15-7-3-2-4-8-15)22-18(25)13-27-20-24-23-19(26-20)16-9-5-6-10-17(16)21/h2-10,14H,11-13H2,1H3,(H,22,25). The van der Waals surface area contributed by atoms with Gasteiger partial charge in [-0.25, -0.2) is 0 Å². The molecular weight excluding hydrogens is 426 g/mol. The topological polar surface area (TPSA) is 68.0 Å². The van der Waals surface area contributed by atoms with Gasteiger partial charge >= 0.3 is 0 Å². The van der Waals surface area contributed by atoms with Crippen molar-refractivity contribution in [3.8, 4) is 11.5 Å². The molecule has 1 amide bonds. The number of aryl methyl sites for hydroxylation is 1. The third kappa shape index (κ3) is 5.94. The molecule has 0 radical (unpaired) electrons. The van der Waals surface area contributed by atoms with E-state index in [0.29, 0.717) is 11.1 Å². The SMILES string of the molecule is CC(CCc1ccccc1)NC(=O)CSc1nnc(-c2ccccc2Br)o1. The Morgan fingerprint density at radius 3 is 2.67 bits per heavy atom. The first-order chi connectivity index (χ1) is 13.1. The number of aromatic nitrogens is 2. The van der Waals surface area contributed by atoms with Gasteiger partial charge in [0.2, 0.25) is 11.8 Å². The monoisotopic (exact) mass is 445 g/mol. The Kier molecular flexibility index (Phi) is 7.06. The third-order valence-corrected chi connectivity index (χ3v) is 5.46. The predicted molar refractivity (Wildman–Crippen MR) is 111 cm³/mol. The first-order valence-electron chi connectivity index (χ1n) is 8.66. The molecule has 3 rings (SSSR count). The Morgan fingerprint density at radius 1 is 1.15 bits per heavy atom. The van der Waals surface area contributed by atoms with Gasteiger partial charge in [0.25, 0.3) is 5.22 Å². The summed E-state index contributed by atoms with van der Waals surface area (Å²) in [5.74, 6) is 0.635. The summed E-state index contributed by atoms with van der Waals surface area (Å²) in [6, 6.07) is 18.0. The lowest BCUT2D eigenvalue weighted by Crippen LogP contribution is -2.34. The van der Waals surface area contributed by atoms with Gasteiger partial charge in [-0.2, -0.15) is 0 Å². The van der Waals surface area contributed by atoms with Crippen LogP contribution in [0.15, 0.2) is 68.7 Å². The maximum absolute atomic E-state index is 12.1. The Bertz CT molecular complexity index is 886. The molecule has 1 atom stereocenters. The van der Waals surface area contributed by atoms with E-state index in [0.717, 1.165) is 22.9 Å². The van der Waals surface area contributed by atoms with Gasteiger partial charge in [0.15, 0.2) is 0 Å². The van der Waals surface area contributed by atoms with E-state index in [1.807, 2.05) is 49.4 Å². The van der Waals surface area contributed by atoms with E-state index in [9.17, 15) is 4.79 Å². The van der Waals surface area contributed by atoms with Crippen LogP contribution < -0.4 is 5.32 Å². The zero-order valence-electron chi connectivity index (χ0n) is 14.9. The van der Waals surface area contributed by atoms with Crippen molar-refractivity contribution >= 4 is 33.6 Å². The minimum absolute atomic E-state index is 0.0406. The van der Waals surface area contributed by atoms with Crippen LogP contribution in [-0.4, -0.2) is 27.9 Å². The number of amides is 1. The van der Waals surface area contributed by atoms with Crippen LogP contribution in [0, 0.1) is 0 Å². The van der Waals surface area contributed by atoms with Gasteiger partial charge in [-0.3, -0.25) is 4.79 Å². The van der Waals surface area contributed by atoms with Gasteiger partial charge in [0.05, 0.1) is 11.3 Å². The third-order valence-electron chi connectivity index (χ3n) is 3.95. The molecule has 1 unspecified atom stereocenters. The lowest BCUT2D eigenvalue weighted by Gasteiger charge is -2.13. The number of benzene rings is 2. The van der Waals surface area contributed by atoms with Crippen LogP contribution in [0.4, 0.5) is 0 Å². The smallest absolute Gasteiger partial charge is 0.277 e. The van der Waals surface area contributed by atoms with Gasteiger partial charge < -0.3 is 9.73 Å². The maximum Gasteiger partial charge on any atom is 0.277 e. The molecular formula is C20H20BrN3O2S. The molecule has 0 saturated carbocycles. The summed E-state index contributed by atoms with van der Waals surface area (Å²) in [5, 5.41) is 11.4. The van der Waals surface area contributed by atoms with Gasteiger partial charge in [0.1, 0.15) is 0 Å². The normalized spacial score (nSPS) is 11.9. The minimum atomic E-state index is -0.0406. The molecule has 27 heavy (non-hydrogen) atoms. The van der Waals surface area contributed by atoms with Crippen molar-refractivity contribution in [2.75, 3.05) is 5.75 Å². The number of thioether (sulfide) groups is 1. The highest BCUT2D eigenvalue weighted by atomic mass is 79.9. The number of hydrogen-bond donors (Lipinski definition) is 1. The fraction of sp³-hybridized carbons (Fsp3) is 0.250. The van der Waals surface area contributed by atoms with Crippen LogP contribution in [0.5, 0.6) is 0 Å². The highest BCUT2D eigenvalue weighted by Gasteiger charge is 2.14. The van der Waals surface area contributed by atoms with Gasteiger partial charge in [-0.05, 0) is 53.4 Å². The van der Waals surface area contributed by atoms with Crippen molar-refractivity contribution in [1.82, 2.24) is 15.5 Å². The highest BCUT2D eigenvalue weighted by molar-refractivity contribution is 9.10. The molecule has 0 aliphatic carbocycles. The lowest BCUT2D eigenvalue weighted by atomic mass is 10.1. The molecule has 1 heterocycles. The quantitative estimate of drug-likeness (QED) is 0.507. The average Bonchev–Trinajstić information content (AvgIpc) is 3.15. The Labute approximate surface area is 171 Å². The molecule has 3 aromatic rings. The molecule has 1 aromatic heterocycles. The van der Waals surface area contributed by atoms with Crippen molar-refractivity contribution in [2.24, 2.45) is 0 Å². The molecule has 0 aliphatic heterocycles. The van der Waals surface area contributed by atoms with Crippen molar-refractivity contribution in [3.05, 3.63) is 64.6 Å². The number of carbonyl (C=O) groups excluding carboxylic acids is 1. The number of nitrogens with one attached hydrogen (secondary N) is 1. The molecule has 7 heteroatoms. The van der Waals surface area contributed by atoms with Crippen LogP contribution in [0.25, 0.3) is 11.5 Å². The molecule has 0 saturated heterocycles. The van der Waals surface area contributed by atoms with Gasteiger partial charge in [0, 0.05) is 10.5 Å². The summed E-state index contributed by atoms with van der Waals surface area (Å²) in [6.45, 7) is 2.02. The molecule has 1 N–H and O–H groups in total. The van der Waals surface area contributed by atoms with E-state index in [-0.39, 0.29) is 17.7 Å². The van der Waals surface area contributed by atoms with Crippen molar-refractivity contribution in [3.63, 3.8) is 0 Å². The predicted octanol–water partition coefficient (Wildman–Crippen LogP) is 4.73. The molecule has 0 aliphatic rings. The number of rotatable bonds is 8. The van der Waals surface area contributed by atoms with Gasteiger partial charge in [-0.1, -0.05) is 54.2 Å². The highest BCUT2D eigenvalue weighted by Crippen LogP contribution is 2.28. The van der Waals surface area contributed by atoms with Gasteiger partial charge in [-0.15, -0.1) is 10.2 Å². The van der Waals surface area contributed by atoms with Crippen molar-refractivity contribution in [1.29, 1.82) is 0 Å². The lowest BCUT2D eigenvalue weighted by molar-refractivity contribution is -0.119. The molecule has 0 bridgehead atoms. The van der Waals surface area contributed by atoms with E-state index in [1.54, 1.807) is 0 Å². The largest absolute Gasteiger partial charge is 0.411 e. The zero-order valence-corrected chi connectivity index (χ0v) is 17.3. The number of hydrogen-bond acceptors (Lipinski definition) is 5. The van der Waals surface area contributed by atoms with Crippen molar-refractivity contribution < 1.29 is 9.21 Å². The molecule has 0 spiro atoms. The molecule has 5 nitrogen and oxygen atoms in total. The van der Waals surface area contributed by atoms with Crippen LogP contribution in [-0.2, 0) is 11.2 Å². The Hall–Kier alpha value is -2.12. The summed E-state index contributed by atoms with van der Waals surface area (Å²) in [7, 11) is 0. The van der Waals surface area contributed by atoms with Crippen LogP contribution in [0.2, 0.25) is 0 Å². The zero-order chi connectivity index (χ0) is 19.1. The number of carbonyl (C=O) groups is 1. The number of halogens is 1. The summed E-state index contributed by atoms with van der Waals surface area (Å²) in [5.41, 5.74) is 2.11. The van der Waals surface area contributed by atoms with Crippen LogP contribution in [0.3, 0.4) is 0 Å². The second-order valence-electron chi connectivity index (χ2n) is 6.13. The summed E-state index contributed by atoms with van der Waals surface area (Å²) in [6.07, 6.45) is 1.83. The van der Waals surface area contributed by atoms with Crippen LogP contribution >= 0.6 is 27.7 Å². The summed E-state index contributed by atoms with van der Waals surface area (Å²) >= 11 is 4.70. The fourth-order valence-electron chi connectivity index (χ4n) is 2.56. The van der Waals surface area contributed by atoms with E-state index < -0.39 is 0 Å². The Morgan fingerprint density at radius 2 is 1.89 bits per heavy atom. The first-order valence-corrected chi connectivity index (χ1v) is 10.4. The van der Waals surface area contributed by atoms with E-state index >= 15 is 0 Å². The second-order valence-corrected chi connectivity index (χ2v) is 7.92. The van der Waals surface area contributed by atoms with E-state index in [2.05, 4.69) is 43.6 Å². The summed E-state index contributed by atoms with van der Waals surface area (Å²) < 4.78 is 6.53. The minimum Gasteiger partial charge on any atom is -0.411 e. The summed E-state index contributed by atoms with van der Waals surface area (Å²) in [4.78, 5) is 12.1. The number of nitrogens with zero attached hydrogens (tertiary/aromatic N) is 2. The molecule has 2 aromatic carbocycles. The van der Waals surface area contributed by atoms with E-state index in [4.69, 9.17) is 4.42 Å². The average molecular weight is 446 g/mol. The molecule has 140 valence electrons. The molecule has 0 fully saturated rings. The Balaban J connectivity index is 1.45. The second kappa shape index (κ2) is 9.71.